The number of carboxylic acids is 1. The number of benzene rings is 2. The van der Waals surface area contributed by atoms with E-state index in [9.17, 15) is 14.3 Å². The third-order valence-electron chi connectivity index (χ3n) is 5.43. The van der Waals surface area contributed by atoms with Crippen molar-refractivity contribution in [2.75, 3.05) is 13.1 Å². The molecule has 1 saturated carbocycles. The highest BCUT2D eigenvalue weighted by Crippen LogP contribution is 2.45. The summed E-state index contributed by atoms with van der Waals surface area (Å²) in [7, 11) is 0. The predicted octanol–water partition coefficient (Wildman–Crippen LogP) is 5.75. The van der Waals surface area contributed by atoms with Crippen molar-refractivity contribution in [2.24, 2.45) is 0 Å². The van der Waals surface area contributed by atoms with Crippen molar-refractivity contribution in [3.8, 4) is 5.75 Å². The summed E-state index contributed by atoms with van der Waals surface area (Å²) in [6, 6.07) is 8.21. The summed E-state index contributed by atoms with van der Waals surface area (Å²) < 4.78 is 20.5. The summed E-state index contributed by atoms with van der Waals surface area (Å²) in [5, 5.41) is 10.4. The molecule has 1 saturated heterocycles. The highest BCUT2D eigenvalue weighted by Gasteiger charge is 2.31. The molecule has 0 bridgehead atoms. The smallest absolute Gasteiger partial charge is 0.338 e. The van der Waals surface area contributed by atoms with Crippen LogP contribution in [-0.2, 0) is 6.54 Å². The molecule has 1 heterocycles. The fraction of sp³-hybridized carbons (Fsp3) is 0.409. The van der Waals surface area contributed by atoms with Crippen LogP contribution in [0.3, 0.4) is 0 Å². The van der Waals surface area contributed by atoms with Crippen LogP contribution in [0.15, 0.2) is 30.3 Å². The zero-order chi connectivity index (χ0) is 20.5. The molecule has 4 rings (SSSR count). The number of aromatic carboxylic acids is 1. The first-order chi connectivity index (χ1) is 13.9. The van der Waals surface area contributed by atoms with E-state index in [1.807, 2.05) is 12.1 Å². The number of nitrogens with zero attached hydrogens (tertiary/aromatic N) is 1. The van der Waals surface area contributed by atoms with Crippen molar-refractivity contribution in [1.29, 1.82) is 0 Å². The third kappa shape index (κ3) is 5.03. The zero-order valence-electron chi connectivity index (χ0n) is 15.8. The highest BCUT2D eigenvalue weighted by molar-refractivity contribution is 6.34. The standard InChI is InChI=1S/C22H22Cl2FNO3/c23-15-6-13(7-16(24)8-15)11-26-5-1-2-17(12-26)29-21-10-20(25)19(22(27)28)9-18(21)14-3-4-14/h6-10,14,17H,1-5,11-12H2,(H,27,28). The van der Waals surface area contributed by atoms with Crippen LogP contribution in [0.25, 0.3) is 0 Å². The molecule has 1 aliphatic carbocycles. The molecule has 1 N–H and O–H groups in total. The molecule has 0 spiro atoms. The summed E-state index contributed by atoms with van der Waals surface area (Å²) in [4.78, 5) is 13.5. The van der Waals surface area contributed by atoms with Gasteiger partial charge in [0.2, 0.25) is 0 Å². The van der Waals surface area contributed by atoms with Crippen LogP contribution in [0.1, 0.15) is 53.1 Å². The topological polar surface area (TPSA) is 49.8 Å². The molecular weight excluding hydrogens is 416 g/mol. The van der Waals surface area contributed by atoms with Gasteiger partial charge in [-0.1, -0.05) is 23.2 Å². The predicted molar refractivity (Wildman–Crippen MR) is 111 cm³/mol. The van der Waals surface area contributed by atoms with Crippen LogP contribution in [0.2, 0.25) is 10.0 Å². The largest absolute Gasteiger partial charge is 0.489 e. The van der Waals surface area contributed by atoms with E-state index in [0.29, 0.717) is 28.9 Å². The lowest BCUT2D eigenvalue weighted by atomic mass is 10.0. The van der Waals surface area contributed by atoms with Crippen molar-refractivity contribution >= 4 is 29.2 Å². The molecule has 1 atom stereocenters. The van der Waals surface area contributed by atoms with E-state index in [4.69, 9.17) is 27.9 Å². The lowest BCUT2D eigenvalue weighted by Gasteiger charge is -2.33. The normalized spacial score (nSPS) is 19.9. The van der Waals surface area contributed by atoms with E-state index in [-0.39, 0.29) is 17.6 Å². The van der Waals surface area contributed by atoms with E-state index in [1.165, 1.54) is 12.1 Å². The number of hydrogen-bond donors (Lipinski definition) is 1. The summed E-state index contributed by atoms with van der Waals surface area (Å²) >= 11 is 12.2. The second kappa shape index (κ2) is 8.50. The van der Waals surface area contributed by atoms with Gasteiger partial charge in [0.1, 0.15) is 17.7 Å². The summed E-state index contributed by atoms with van der Waals surface area (Å²) in [6.07, 6.45) is 3.72. The molecule has 2 aromatic carbocycles. The summed E-state index contributed by atoms with van der Waals surface area (Å²) in [5.41, 5.74) is 1.56. The SMILES string of the molecule is O=C(O)c1cc(C2CC2)c(OC2CCCN(Cc3cc(Cl)cc(Cl)c3)C2)cc1F. The summed E-state index contributed by atoms with van der Waals surface area (Å²) in [6.45, 7) is 2.35. The van der Waals surface area contributed by atoms with Crippen LogP contribution >= 0.6 is 23.2 Å². The van der Waals surface area contributed by atoms with Crippen molar-refractivity contribution in [2.45, 2.75) is 44.2 Å². The molecular formula is C22H22Cl2FNO3. The number of ether oxygens (including phenoxy) is 1. The van der Waals surface area contributed by atoms with Gasteiger partial charge in [-0.05, 0) is 73.5 Å². The number of halogens is 3. The van der Waals surface area contributed by atoms with E-state index in [0.717, 1.165) is 43.4 Å². The van der Waals surface area contributed by atoms with E-state index in [1.54, 1.807) is 6.07 Å². The second-order valence-corrected chi connectivity index (χ2v) is 8.72. The van der Waals surface area contributed by atoms with Gasteiger partial charge in [-0.25, -0.2) is 9.18 Å². The molecule has 29 heavy (non-hydrogen) atoms. The molecule has 2 fully saturated rings. The Labute approximate surface area is 179 Å². The molecule has 1 unspecified atom stereocenters. The molecule has 4 nitrogen and oxygen atoms in total. The minimum atomic E-state index is -1.25. The minimum Gasteiger partial charge on any atom is -0.489 e. The number of carbonyl (C=O) groups is 1. The third-order valence-corrected chi connectivity index (χ3v) is 5.87. The van der Waals surface area contributed by atoms with Crippen molar-refractivity contribution < 1.29 is 19.0 Å². The zero-order valence-corrected chi connectivity index (χ0v) is 17.3. The molecule has 0 amide bonds. The average molecular weight is 438 g/mol. The number of hydrogen-bond acceptors (Lipinski definition) is 3. The Balaban J connectivity index is 1.48. The fourth-order valence-electron chi connectivity index (χ4n) is 3.94. The monoisotopic (exact) mass is 437 g/mol. The van der Waals surface area contributed by atoms with Gasteiger partial charge >= 0.3 is 5.97 Å². The van der Waals surface area contributed by atoms with Crippen LogP contribution in [-0.4, -0.2) is 35.2 Å². The van der Waals surface area contributed by atoms with Crippen molar-refractivity contribution in [1.82, 2.24) is 4.90 Å². The van der Waals surface area contributed by atoms with Gasteiger partial charge in [-0.2, -0.15) is 0 Å². The highest BCUT2D eigenvalue weighted by atomic mass is 35.5. The Morgan fingerprint density at radius 3 is 2.52 bits per heavy atom. The van der Waals surface area contributed by atoms with Gasteiger partial charge in [-0.15, -0.1) is 0 Å². The van der Waals surface area contributed by atoms with Crippen molar-refractivity contribution in [3.63, 3.8) is 0 Å². The van der Waals surface area contributed by atoms with Gasteiger partial charge in [-0.3, -0.25) is 4.90 Å². The number of rotatable bonds is 6. The van der Waals surface area contributed by atoms with E-state index < -0.39 is 11.8 Å². The Bertz CT molecular complexity index is 912. The lowest BCUT2D eigenvalue weighted by Crippen LogP contribution is -2.40. The van der Waals surface area contributed by atoms with E-state index in [2.05, 4.69) is 4.90 Å². The maximum Gasteiger partial charge on any atom is 0.338 e. The molecule has 2 aliphatic rings. The first-order valence-electron chi connectivity index (χ1n) is 9.80. The number of likely N-dealkylation sites (tertiary alicyclic amines) is 1. The Morgan fingerprint density at radius 2 is 1.86 bits per heavy atom. The molecule has 154 valence electrons. The molecule has 0 aromatic heterocycles. The summed E-state index contributed by atoms with van der Waals surface area (Å²) in [5.74, 6) is -1.26. The fourth-order valence-corrected chi connectivity index (χ4v) is 4.52. The Hall–Kier alpha value is -1.82. The minimum absolute atomic E-state index is 0.0778. The molecule has 0 radical (unpaired) electrons. The maximum atomic E-state index is 14.3. The Kier molecular flexibility index (Phi) is 6.00. The van der Waals surface area contributed by atoms with Crippen molar-refractivity contribution in [3.05, 3.63) is 62.9 Å². The number of carboxylic acid groups (broad SMARTS) is 1. The lowest BCUT2D eigenvalue weighted by molar-refractivity contribution is 0.0691. The molecule has 1 aliphatic heterocycles. The van der Waals surface area contributed by atoms with Gasteiger partial charge in [0.15, 0.2) is 0 Å². The van der Waals surface area contributed by atoms with Gasteiger partial charge in [0.05, 0.1) is 5.56 Å². The molecule has 2 aromatic rings. The van der Waals surface area contributed by atoms with Crippen LogP contribution in [0, 0.1) is 5.82 Å². The maximum absolute atomic E-state index is 14.3. The van der Waals surface area contributed by atoms with Crippen LogP contribution in [0.4, 0.5) is 4.39 Å². The van der Waals surface area contributed by atoms with Gasteiger partial charge < -0.3 is 9.84 Å². The molecule has 7 heteroatoms. The van der Waals surface area contributed by atoms with Gasteiger partial charge in [0.25, 0.3) is 0 Å². The first kappa shape index (κ1) is 20.5. The Morgan fingerprint density at radius 1 is 1.14 bits per heavy atom. The number of piperidine rings is 1. The van der Waals surface area contributed by atoms with Gasteiger partial charge in [0, 0.05) is 29.2 Å². The second-order valence-electron chi connectivity index (χ2n) is 7.84. The van der Waals surface area contributed by atoms with Crippen LogP contribution < -0.4 is 4.74 Å². The van der Waals surface area contributed by atoms with Crippen LogP contribution in [0.5, 0.6) is 5.75 Å². The quantitative estimate of drug-likeness (QED) is 0.624. The van der Waals surface area contributed by atoms with E-state index >= 15 is 0 Å². The average Bonchev–Trinajstić information content (AvgIpc) is 3.46. The first-order valence-corrected chi connectivity index (χ1v) is 10.6.